The van der Waals surface area contributed by atoms with Gasteiger partial charge in [-0.3, -0.25) is 14.4 Å². The summed E-state index contributed by atoms with van der Waals surface area (Å²) in [5.41, 5.74) is 2.62. The highest BCUT2D eigenvalue weighted by molar-refractivity contribution is 6.30. The second-order valence-corrected chi connectivity index (χ2v) is 9.06. The van der Waals surface area contributed by atoms with E-state index in [2.05, 4.69) is 15.5 Å². The largest absolute Gasteiger partial charge is 0.368 e. The van der Waals surface area contributed by atoms with E-state index in [9.17, 15) is 14.4 Å². The average Bonchev–Trinajstić information content (AvgIpc) is 2.81. The number of carbonyl (C=O) groups is 3. The van der Waals surface area contributed by atoms with E-state index in [1.807, 2.05) is 57.2 Å². The normalized spacial score (nSPS) is 14.7. The topological polar surface area (TPSA) is 81.8 Å². The summed E-state index contributed by atoms with van der Waals surface area (Å²) in [6, 6.07) is 14.1. The molecular formula is C25H31ClN4O3. The Morgan fingerprint density at radius 2 is 1.55 bits per heavy atom. The summed E-state index contributed by atoms with van der Waals surface area (Å²) in [4.78, 5) is 41.9. The molecule has 0 spiro atoms. The number of benzene rings is 2. The van der Waals surface area contributed by atoms with Gasteiger partial charge >= 0.3 is 0 Å². The van der Waals surface area contributed by atoms with Gasteiger partial charge in [0.1, 0.15) is 6.04 Å². The molecule has 3 rings (SSSR count). The van der Waals surface area contributed by atoms with Crippen molar-refractivity contribution in [2.24, 2.45) is 5.92 Å². The van der Waals surface area contributed by atoms with E-state index in [1.54, 1.807) is 17.0 Å². The van der Waals surface area contributed by atoms with Crippen LogP contribution in [0.3, 0.4) is 0 Å². The molecule has 1 heterocycles. The number of piperazine rings is 1. The van der Waals surface area contributed by atoms with Crippen LogP contribution in [0.2, 0.25) is 5.02 Å². The Bertz CT molecular complexity index is 968. The maximum Gasteiger partial charge on any atom is 0.251 e. The maximum atomic E-state index is 12.7. The molecule has 1 atom stereocenters. The molecule has 0 saturated carbocycles. The molecule has 176 valence electrons. The number of aryl methyl sites for hydroxylation is 1. The quantitative estimate of drug-likeness (QED) is 0.652. The van der Waals surface area contributed by atoms with Gasteiger partial charge in [0.25, 0.3) is 5.91 Å². The van der Waals surface area contributed by atoms with Gasteiger partial charge in [-0.25, -0.2) is 0 Å². The van der Waals surface area contributed by atoms with E-state index >= 15 is 0 Å². The molecule has 1 unspecified atom stereocenters. The van der Waals surface area contributed by atoms with Gasteiger partial charge in [-0.1, -0.05) is 43.1 Å². The number of halogens is 1. The first-order valence-corrected chi connectivity index (χ1v) is 11.6. The molecule has 0 bridgehead atoms. The molecule has 2 N–H and O–H groups in total. The number of rotatable bonds is 7. The highest BCUT2D eigenvalue weighted by Gasteiger charge is 2.26. The fraction of sp³-hybridized carbons (Fsp3) is 0.400. The molecule has 0 aromatic heterocycles. The van der Waals surface area contributed by atoms with Crippen molar-refractivity contribution in [3.05, 3.63) is 64.7 Å². The van der Waals surface area contributed by atoms with Crippen LogP contribution in [0.25, 0.3) is 0 Å². The summed E-state index contributed by atoms with van der Waals surface area (Å²) in [6.07, 6.45) is 0. The third-order valence-electron chi connectivity index (χ3n) is 5.79. The number of anilines is 1. The Morgan fingerprint density at radius 3 is 2.12 bits per heavy atom. The SMILES string of the molecule is Cc1ccc(C(=O)NC(C(=O)NCC(=O)N2CCN(c3ccc(Cl)cc3)CC2)C(C)C)cc1. The van der Waals surface area contributed by atoms with Gasteiger partial charge in [0.2, 0.25) is 11.8 Å². The van der Waals surface area contributed by atoms with Crippen LogP contribution in [0.15, 0.2) is 48.5 Å². The Kier molecular flexibility index (Phi) is 8.33. The van der Waals surface area contributed by atoms with Gasteiger partial charge in [-0.2, -0.15) is 0 Å². The minimum Gasteiger partial charge on any atom is -0.368 e. The zero-order valence-electron chi connectivity index (χ0n) is 19.3. The predicted molar refractivity (Wildman–Crippen MR) is 131 cm³/mol. The molecule has 7 nitrogen and oxygen atoms in total. The van der Waals surface area contributed by atoms with E-state index < -0.39 is 6.04 Å². The van der Waals surface area contributed by atoms with Crippen LogP contribution in [0.5, 0.6) is 0 Å². The van der Waals surface area contributed by atoms with E-state index in [4.69, 9.17) is 11.6 Å². The molecule has 2 aromatic rings. The Morgan fingerprint density at radius 1 is 0.939 bits per heavy atom. The van der Waals surface area contributed by atoms with Crippen molar-refractivity contribution in [3.8, 4) is 0 Å². The van der Waals surface area contributed by atoms with Crippen LogP contribution < -0.4 is 15.5 Å². The lowest BCUT2D eigenvalue weighted by molar-refractivity contribution is -0.133. The van der Waals surface area contributed by atoms with Crippen LogP contribution in [-0.2, 0) is 9.59 Å². The van der Waals surface area contributed by atoms with Crippen molar-refractivity contribution in [1.82, 2.24) is 15.5 Å². The average molecular weight is 471 g/mol. The number of amides is 3. The third kappa shape index (κ3) is 6.71. The van der Waals surface area contributed by atoms with E-state index in [-0.39, 0.29) is 30.2 Å². The summed E-state index contributed by atoms with van der Waals surface area (Å²) in [5.74, 6) is -0.934. The third-order valence-corrected chi connectivity index (χ3v) is 6.04. The van der Waals surface area contributed by atoms with Gasteiger partial charge < -0.3 is 20.4 Å². The van der Waals surface area contributed by atoms with Gasteiger partial charge in [0.15, 0.2) is 0 Å². The van der Waals surface area contributed by atoms with Gasteiger partial charge in [0.05, 0.1) is 6.54 Å². The fourth-order valence-corrected chi connectivity index (χ4v) is 3.84. The smallest absolute Gasteiger partial charge is 0.251 e. The number of nitrogens with zero attached hydrogens (tertiary/aromatic N) is 2. The Labute approximate surface area is 200 Å². The van der Waals surface area contributed by atoms with E-state index in [0.717, 1.165) is 11.3 Å². The number of hydrogen-bond acceptors (Lipinski definition) is 4. The Hall–Kier alpha value is -3.06. The molecule has 1 aliphatic rings. The van der Waals surface area contributed by atoms with Gasteiger partial charge in [0, 0.05) is 42.5 Å². The van der Waals surface area contributed by atoms with Crippen LogP contribution in [0.1, 0.15) is 29.8 Å². The second-order valence-electron chi connectivity index (χ2n) is 8.62. The molecule has 0 radical (unpaired) electrons. The summed E-state index contributed by atoms with van der Waals surface area (Å²) >= 11 is 5.95. The molecule has 1 saturated heterocycles. The van der Waals surface area contributed by atoms with Crippen molar-refractivity contribution < 1.29 is 14.4 Å². The summed E-state index contributed by atoms with van der Waals surface area (Å²) in [7, 11) is 0. The van der Waals surface area contributed by atoms with Crippen molar-refractivity contribution in [1.29, 1.82) is 0 Å². The molecular weight excluding hydrogens is 440 g/mol. The molecule has 8 heteroatoms. The van der Waals surface area contributed by atoms with Crippen molar-refractivity contribution in [2.45, 2.75) is 26.8 Å². The van der Waals surface area contributed by atoms with Gasteiger partial charge in [-0.05, 0) is 49.2 Å². The number of carbonyl (C=O) groups excluding carboxylic acids is 3. The monoisotopic (exact) mass is 470 g/mol. The summed E-state index contributed by atoms with van der Waals surface area (Å²) < 4.78 is 0. The minimum absolute atomic E-state index is 0.0938. The lowest BCUT2D eigenvalue weighted by atomic mass is 10.0. The fourth-order valence-electron chi connectivity index (χ4n) is 3.71. The van der Waals surface area contributed by atoms with Crippen molar-refractivity contribution >= 4 is 35.0 Å². The van der Waals surface area contributed by atoms with E-state index in [1.165, 1.54) is 0 Å². The highest BCUT2D eigenvalue weighted by atomic mass is 35.5. The predicted octanol–water partition coefficient (Wildman–Crippen LogP) is 2.87. The van der Waals surface area contributed by atoms with Crippen LogP contribution in [0, 0.1) is 12.8 Å². The summed E-state index contributed by atoms with van der Waals surface area (Å²) in [6.45, 7) is 8.15. The lowest BCUT2D eigenvalue weighted by Gasteiger charge is -2.36. The molecule has 3 amide bonds. The lowest BCUT2D eigenvalue weighted by Crippen LogP contribution is -2.54. The van der Waals surface area contributed by atoms with Crippen LogP contribution >= 0.6 is 11.6 Å². The van der Waals surface area contributed by atoms with Gasteiger partial charge in [-0.15, -0.1) is 0 Å². The first kappa shape index (κ1) is 24.6. The molecule has 1 fully saturated rings. The second kappa shape index (κ2) is 11.2. The molecule has 2 aromatic carbocycles. The maximum absolute atomic E-state index is 12.7. The first-order chi connectivity index (χ1) is 15.7. The molecule has 1 aliphatic heterocycles. The van der Waals surface area contributed by atoms with Crippen molar-refractivity contribution in [3.63, 3.8) is 0 Å². The van der Waals surface area contributed by atoms with E-state index in [0.29, 0.717) is 36.8 Å². The van der Waals surface area contributed by atoms with Crippen molar-refractivity contribution in [2.75, 3.05) is 37.6 Å². The highest BCUT2D eigenvalue weighted by Crippen LogP contribution is 2.19. The number of nitrogens with one attached hydrogen (secondary N) is 2. The number of hydrogen-bond donors (Lipinski definition) is 2. The van der Waals surface area contributed by atoms with Crippen LogP contribution in [-0.4, -0.2) is 61.4 Å². The Balaban J connectivity index is 1.48. The molecule has 33 heavy (non-hydrogen) atoms. The summed E-state index contributed by atoms with van der Waals surface area (Å²) in [5, 5.41) is 6.19. The minimum atomic E-state index is -0.728. The standard InChI is InChI=1S/C25H31ClN4O3/c1-17(2)23(28-24(32)19-6-4-18(3)5-7-19)25(33)27-16-22(31)30-14-12-29(13-15-30)21-10-8-20(26)9-11-21/h4-11,17,23H,12-16H2,1-3H3,(H,27,33)(H,28,32). The first-order valence-electron chi connectivity index (χ1n) is 11.2. The molecule has 0 aliphatic carbocycles. The zero-order chi connectivity index (χ0) is 24.0. The van der Waals surface area contributed by atoms with Crippen LogP contribution in [0.4, 0.5) is 5.69 Å². The zero-order valence-corrected chi connectivity index (χ0v) is 20.1.